The van der Waals surface area contributed by atoms with Crippen LogP contribution in [0.2, 0.25) is 0 Å². The fourth-order valence-corrected chi connectivity index (χ4v) is 1.27. The first-order valence-corrected chi connectivity index (χ1v) is 4.46. The van der Waals surface area contributed by atoms with E-state index >= 15 is 0 Å². The third kappa shape index (κ3) is 2.18. The van der Waals surface area contributed by atoms with Gasteiger partial charge in [0.2, 0.25) is 0 Å². The number of rotatable bonds is 2. The summed E-state index contributed by atoms with van der Waals surface area (Å²) in [5.41, 5.74) is 1.21. The van der Waals surface area contributed by atoms with Crippen molar-refractivity contribution in [2.75, 3.05) is 13.1 Å². The minimum Gasteiger partial charge on any atom is -0.369 e. The Morgan fingerprint density at radius 2 is 2.00 bits per heavy atom. The van der Waals surface area contributed by atoms with E-state index in [4.69, 9.17) is 0 Å². The Hall–Kier alpha value is -1.57. The molecular weight excluding hydrogens is 160 g/mol. The molecule has 0 spiro atoms. The third-order valence-electron chi connectivity index (χ3n) is 1.93. The summed E-state index contributed by atoms with van der Waals surface area (Å²) in [6, 6.07) is 10.2. The Bertz CT molecular complexity index is 325. The third-order valence-corrected chi connectivity index (χ3v) is 1.93. The lowest BCUT2D eigenvalue weighted by atomic mass is 10.2. The quantitative estimate of drug-likeness (QED) is 0.721. The van der Waals surface area contributed by atoms with Gasteiger partial charge in [0, 0.05) is 6.54 Å². The summed E-state index contributed by atoms with van der Waals surface area (Å²) in [6.07, 6.45) is 4.08. The maximum atomic E-state index is 4.27. The summed E-state index contributed by atoms with van der Waals surface area (Å²) in [5, 5.41) is 3.19. The molecule has 0 aliphatic carbocycles. The molecule has 13 heavy (non-hydrogen) atoms. The Kier molecular flexibility index (Phi) is 2.41. The average molecular weight is 172 g/mol. The van der Waals surface area contributed by atoms with Gasteiger partial charge in [0.05, 0.1) is 6.54 Å². The summed E-state index contributed by atoms with van der Waals surface area (Å²) < 4.78 is 0. The van der Waals surface area contributed by atoms with Crippen molar-refractivity contribution in [3.63, 3.8) is 0 Å². The molecule has 0 aromatic heterocycles. The Morgan fingerprint density at radius 1 is 1.15 bits per heavy atom. The number of hydrogen-bond donors (Lipinski definition) is 1. The van der Waals surface area contributed by atoms with Crippen LogP contribution in [0.15, 0.2) is 41.4 Å². The second-order valence-electron chi connectivity index (χ2n) is 2.94. The van der Waals surface area contributed by atoms with E-state index in [1.165, 1.54) is 5.56 Å². The summed E-state index contributed by atoms with van der Waals surface area (Å²) in [4.78, 5) is 4.27. The maximum Gasteiger partial charge on any atom is 0.120 e. The molecule has 2 rings (SSSR count). The average Bonchev–Trinajstić information content (AvgIpc) is 2.69. The zero-order valence-corrected chi connectivity index (χ0v) is 7.40. The number of aliphatic imine (C=N–C) groups is 1. The zero-order valence-electron chi connectivity index (χ0n) is 7.40. The molecule has 0 saturated carbocycles. The summed E-state index contributed by atoms with van der Waals surface area (Å²) in [5.74, 6) is 0.990. The fourth-order valence-electron chi connectivity index (χ4n) is 1.27. The van der Waals surface area contributed by atoms with E-state index in [1.807, 2.05) is 24.3 Å². The molecule has 1 aromatic rings. The smallest absolute Gasteiger partial charge is 0.120 e. The first-order chi connectivity index (χ1) is 6.45. The first kappa shape index (κ1) is 8.05. The van der Waals surface area contributed by atoms with E-state index in [-0.39, 0.29) is 0 Å². The highest BCUT2D eigenvalue weighted by molar-refractivity contribution is 5.97. The number of hydrogen-bond acceptors (Lipinski definition) is 2. The molecule has 66 valence electrons. The van der Waals surface area contributed by atoms with Gasteiger partial charge in [0.25, 0.3) is 0 Å². The van der Waals surface area contributed by atoms with Crippen LogP contribution < -0.4 is 5.32 Å². The van der Waals surface area contributed by atoms with Crippen LogP contribution in [-0.4, -0.2) is 18.9 Å². The SMILES string of the molecule is C(=C/c1ccccc1)/C1=NCCN1. The molecule has 1 aliphatic heterocycles. The molecule has 0 amide bonds. The highest BCUT2D eigenvalue weighted by atomic mass is 15.1. The highest BCUT2D eigenvalue weighted by Gasteiger charge is 1.98. The maximum absolute atomic E-state index is 4.27. The molecule has 0 radical (unpaired) electrons. The van der Waals surface area contributed by atoms with Crippen molar-refractivity contribution in [3.05, 3.63) is 42.0 Å². The number of amidine groups is 1. The van der Waals surface area contributed by atoms with Gasteiger partial charge >= 0.3 is 0 Å². The topological polar surface area (TPSA) is 24.4 Å². The van der Waals surface area contributed by atoms with Crippen molar-refractivity contribution in [2.45, 2.75) is 0 Å². The van der Waals surface area contributed by atoms with Crippen molar-refractivity contribution >= 4 is 11.9 Å². The normalized spacial score (nSPS) is 15.8. The zero-order chi connectivity index (χ0) is 8.93. The molecule has 0 bridgehead atoms. The number of nitrogens with zero attached hydrogens (tertiary/aromatic N) is 1. The molecule has 1 aliphatic rings. The van der Waals surface area contributed by atoms with Gasteiger partial charge in [-0.15, -0.1) is 0 Å². The molecule has 1 aromatic carbocycles. The van der Waals surface area contributed by atoms with Crippen LogP contribution in [0, 0.1) is 0 Å². The van der Waals surface area contributed by atoms with Gasteiger partial charge in [-0.3, -0.25) is 4.99 Å². The van der Waals surface area contributed by atoms with Gasteiger partial charge in [0.15, 0.2) is 0 Å². The molecule has 0 atom stereocenters. The molecule has 0 saturated heterocycles. The van der Waals surface area contributed by atoms with E-state index in [9.17, 15) is 0 Å². The van der Waals surface area contributed by atoms with Crippen molar-refractivity contribution in [1.82, 2.24) is 5.32 Å². The largest absolute Gasteiger partial charge is 0.369 e. The van der Waals surface area contributed by atoms with Crippen LogP contribution in [0.25, 0.3) is 6.08 Å². The van der Waals surface area contributed by atoms with Gasteiger partial charge < -0.3 is 5.32 Å². The molecule has 1 heterocycles. The second-order valence-corrected chi connectivity index (χ2v) is 2.94. The van der Waals surface area contributed by atoms with Gasteiger partial charge in [0.1, 0.15) is 5.84 Å². The second kappa shape index (κ2) is 3.90. The van der Waals surface area contributed by atoms with Crippen LogP contribution in [0.4, 0.5) is 0 Å². The van der Waals surface area contributed by atoms with E-state index in [1.54, 1.807) is 0 Å². The summed E-state index contributed by atoms with van der Waals surface area (Å²) in [6.45, 7) is 1.86. The van der Waals surface area contributed by atoms with Crippen LogP contribution in [0.3, 0.4) is 0 Å². The van der Waals surface area contributed by atoms with Crippen LogP contribution in [0.5, 0.6) is 0 Å². The van der Waals surface area contributed by atoms with Crippen LogP contribution >= 0.6 is 0 Å². The lowest BCUT2D eigenvalue weighted by molar-refractivity contribution is 0.961. The van der Waals surface area contributed by atoms with Gasteiger partial charge in [-0.1, -0.05) is 36.4 Å². The monoisotopic (exact) mass is 172 g/mol. The Labute approximate surface area is 78.0 Å². The van der Waals surface area contributed by atoms with Crippen molar-refractivity contribution < 1.29 is 0 Å². The van der Waals surface area contributed by atoms with E-state index < -0.39 is 0 Å². The Balaban J connectivity index is 2.05. The van der Waals surface area contributed by atoms with E-state index in [0.29, 0.717) is 0 Å². The minimum absolute atomic E-state index is 0.897. The van der Waals surface area contributed by atoms with E-state index in [0.717, 1.165) is 18.9 Å². The molecule has 2 nitrogen and oxygen atoms in total. The number of nitrogens with one attached hydrogen (secondary N) is 1. The van der Waals surface area contributed by atoms with Crippen molar-refractivity contribution in [1.29, 1.82) is 0 Å². The lowest BCUT2D eigenvalue weighted by Crippen LogP contribution is -2.15. The van der Waals surface area contributed by atoms with Gasteiger partial charge in [-0.2, -0.15) is 0 Å². The fraction of sp³-hybridized carbons (Fsp3) is 0.182. The molecule has 2 heteroatoms. The minimum atomic E-state index is 0.897. The van der Waals surface area contributed by atoms with Crippen LogP contribution in [-0.2, 0) is 0 Å². The molecule has 0 unspecified atom stereocenters. The van der Waals surface area contributed by atoms with Crippen LogP contribution in [0.1, 0.15) is 5.56 Å². The molecule has 0 fully saturated rings. The Morgan fingerprint density at radius 3 is 2.69 bits per heavy atom. The predicted molar refractivity (Wildman–Crippen MR) is 55.8 cm³/mol. The number of benzene rings is 1. The van der Waals surface area contributed by atoms with Crippen molar-refractivity contribution in [2.24, 2.45) is 4.99 Å². The predicted octanol–water partition coefficient (Wildman–Crippen LogP) is 1.70. The van der Waals surface area contributed by atoms with Gasteiger partial charge in [-0.25, -0.2) is 0 Å². The van der Waals surface area contributed by atoms with E-state index in [2.05, 4.69) is 28.5 Å². The molecular formula is C11H12N2. The standard InChI is InChI=1S/C11H12N2/c1-2-4-10(5-3-1)6-7-11-12-8-9-13-11/h1-7H,8-9H2,(H,12,13)/b7-6-. The first-order valence-electron chi connectivity index (χ1n) is 4.46. The molecule has 1 N–H and O–H groups in total. The van der Waals surface area contributed by atoms with Gasteiger partial charge in [-0.05, 0) is 11.6 Å². The van der Waals surface area contributed by atoms with Crippen molar-refractivity contribution in [3.8, 4) is 0 Å². The lowest BCUT2D eigenvalue weighted by Gasteiger charge is -1.93. The summed E-state index contributed by atoms with van der Waals surface area (Å²) >= 11 is 0. The summed E-state index contributed by atoms with van der Waals surface area (Å²) in [7, 11) is 0. The highest BCUT2D eigenvalue weighted by Crippen LogP contribution is 2.01.